The largest absolute Gasteiger partial charge is 0.474 e. The number of morpholine rings is 1. The van der Waals surface area contributed by atoms with Crippen LogP contribution < -0.4 is 10.1 Å². The van der Waals surface area contributed by atoms with Crippen LogP contribution in [0.3, 0.4) is 0 Å². The normalized spacial score (nSPS) is 24.4. The second-order valence-corrected chi connectivity index (χ2v) is 9.78. The van der Waals surface area contributed by atoms with Gasteiger partial charge in [-0.3, -0.25) is 10.00 Å². The summed E-state index contributed by atoms with van der Waals surface area (Å²) in [5.74, 6) is 1.33. The van der Waals surface area contributed by atoms with Gasteiger partial charge in [-0.05, 0) is 50.5 Å². The Labute approximate surface area is 185 Å². The zero-order valence-electron chi connectivity index (χ0n) is 17.6. The van der Waals surface area contributed by atoms with E-state index in [2.05, 4.69) is 20.4 Å². The van der Waals surface area contributed by atoms with E-state index in [0.29, 0.717) is 12.0 Å². The van der Waals surface area contributed by atoms with Crippen LogP contribution in [0.25, 0.3) is 10.2 Å². The van der Waals surface area contributed by atoms with Gasteiger partial charge in [-0.1, -0.05) is 0 Å². The molecule has 2 fully saturated rings. The number of anilines is 2. The van der Waals surface area contributed by atoms with Gasteiger partial charge in [0, 0.05) is 30.2 Å². The number of rotatable bonds is 5. The van der Waals surface area contributed by atoms with Gasteiger partial charge in [0.1, 0.15) is 10.9 Å². The van der Waals surface area contributed by atoms with Crippen LogP contribution in [0.15, 0.2) is 12.4 Å². The van der Waals surface area contributed by atoms with Gasteiger partial charge in [-0.15, -0.1) is 11.3 Å². The summed E-state index contributed by atoms with van der Waals surface area (Å²) in [6.45, 7) is 3.86. The smallest absolute Gasteiger partial charge is 0.232 e. The van der Waals surface area contributed by atoms with Crippen molar-refractivity contribution in [3.05, 3.63) is 22.8 Å². The molecule has 0 amide bonds. The van der Waals surface area contributed by atoms with E-state index in [9.17, 15) is 0 Å². The van der Waals surface area contributed by atoms with Crippen molar-refractivity contribution in [3.63, 3.8) is 0 Å². The minimum atomic E-state index is 0.217. The predicted octanol–water partition coefficient (Wildman–Crippen LogP) is 3.67. The summed E-state index contributed by atoms with van der Waals surface area (Å²) >= 11 is 1.80. The molecule has 164 valence electrons. The molecule has 3 aliphatic rings. The lowest BCUT2D eigenvalue weighted by atomic mass is 9.91. The van der Waals surface area contributed by atoms with Gasteiger partial charge in [0.25, 0.3) is 0 Å². The first kappa shape index (κ1) is 19.5. The van der Waals surface area contributed by atoms with Crippen LogP contribution in [-0.4, -0.2) is 63.5 Å². The summed E-state index contributed by atoms with van der Waals surface area (Å²) in [5.41, 5.74) is 2.26. The lowest BCUT2D eigenvalue weighted by Gasteiger charge is -2.38. The van der Waals surface area contributed by atoms with Crippen molar-refractivity contribution < 1.29 is 9.47 Å². The zero-order chi connectivity index (χ0) is 20.6. The topological polar surface area (TPSA) is 88.2 Å². The molecule has 1 saturated heterocycles. The van der Waals surface area contributed by atoms with Crippen LogP contribution in [0.1, 0.15) is 42.5 Å². The maximum absolute atomic E-state index is 6.60. The van der Waals surface area contributed by atoms with Gasteiger partial charge >= 0.3 is 0 Å². The first-order valence-corrected chi connectivity index (χ1v) is 12.2. The monoisotopic (exact) mass is 440 g/mol. The van der Waals surface area contributed by atoms with Gasteiger partial charge in [0.05, 0.1) is 30.5 Å². The Balaban J connectivity index is 1.23. The number of aromatic amines is 1. The lowest BCUT2D eigenvalue weighted by molar-refractivity contribution is -0.00124. The molecular formula is C22H28N6O2S. The first-order chi connectivity index (χ1) is 15.3. The van der Waals surface area contributed by atoms with Gasteiger partial charge in [0.15, 0.2) is 0 Å². The highest BCUT2D eigenvalue weighted by Crippen LogP contribution is 2.42. The van der Waals surface area contributed by atoms with E-state index in [1.807, 2.05) is 0 Å². The van der Waals surface area contributed by atoms with Crippen molar-refractivity contribution in [3.8, 4) is 5.88 Å². The molecule has 3 aromatic rings. The number of hydrogen-bond acceptors (Lipinski definition) is 8. The molecule has 8 nitrogen and oxygen atoms in total. The number of ether oxygens (including phenoxy) is 2. The van der Waals surface area contributed by atoms with E-state index in [4.69, 9.17) is 19.4 Å². The molecule has 9 heteroatoms. The molecule has 0 bridgehead atoms. The van der Waals surface area contributed by atoms with Crippen molar-refractivity contribution in [2.24, 2.45) is 0 Å². The van der Waals surface area contributed by atoms with Crippen LogP contribution in [0.2, 0.25) is 0 Å². The van der Waals surface area contributed by atoms with E-state index >= 15 is 0 Å². The Morgan fingerprint density at radius 2 is 2.00 bits per heavy atom. The molecule has 1 aliphatic heterocycles. The van der Waals surface area contributed by atoms with E-state index in [0.717, 1.165) is 73.8 Å². The minimum absolute atomic E-state index is 0.217. The highest BCUT2D eigenvalue weighted by atomic mass is 32.1. The number of hydrogen-bond donors (Lipinski definition) is 2. The van der Waals surface area contributed by atoms with Gasteiger partial charge in [-0.2, -0.15) is 10.1 Å². The van der Waals surface area contributed by atoms with E-state index < -0.39 is 0 Å². The standard InChI is InChI=1S/C22H28N6O2S/c1-2-17-18(3-1)31-21-19(17)20(26-22(27-21)25-14-12-23-24-13-14)30-16-6-4-15(5-7-16)28-8-10-29-11-9-28/h12-13,15-16H,1-11H2,(H,23,24)(H,25,26,27). The van der Waals surface area contributed by atoms with Crippen molar-refractivity contribution >= 4 is 33.2 Å². The summed E-state index contributed by atoms with van der Waals surface area (Å²) in [5, 5.41) is 11.2. The molecule has 3 aromatic heterocycles. The van der Waals surface area contributed by atoms with E-state index in [1.165, 1.54) is 29.7 Å². The van der Waals surface area contributed by atoms with E-state index in [1.54, 1.807) is 23.7 Å². The minimum Gasteiger partial charge on any atom is -0.474 e. The number of thiophene rings is 1. The van der Waals surface area contributed by atoms with Crippen LogP contribution in [0.4, 0.5) is 11.6 Å². The fourth-order valence-corrected chi connectivity index (χ4v) is 6.43. The fraction of sp³-hybridized carbons (Fsp3) is 0.591. The first-order valence-electron chi connectivity index (χ1n) is 11.4. The molecule has 31 heavy (non-hydrogen) atoms. The number of fused-ring (bicyclic) bond motifs is 3. The summed E-state index contributed by atoms with van der Waals surface area (Å²) < 4.78 is 12.1. The van der Waals surface area contributed by atoms with Crippen LogP contribution >= 0.6 is 11.3 Å². The maximum atomic E-state index is 6.60. The molecule has 1 saturated carbocycles. The summed E-state index contributed by atoms with van der Waals surface area (Å²) in [7, 11) is 0. The quantitative estimate of drug-likeness (QED) is 0.626. The number of H-pyrrole nitrogens is 1. The van der Waals surface area contributed by atoms with Crippen molar-refractivity contribution in [2.45, 2.75) is 57.1 Å². The van der Waals surface area contributed by atoms with Crippen molar-refractivity contribution in [1.82, 2.24) is 25.1 Å². The number of aryl methyl sites for hydroxylation is 2. The van der Waals surface area contributed by atoms with Crippen LogP contribution in [0.5, 0.6) is 5.88 Å². The van der Waals surface area contributed by atoms with Crippen LogP contribution in [-0.2, 0) is 17.6 Å². The maximum Gasteiger partial charge on any atom is 0.232 e. The summed E-state index contributed by atoms with van der Waals surface area (Å²) in [6.07, 6.45) is 11.7. The third-order valence-corrected chi connectivity index (χ3v) is 7.96. The molecule has 2 N–H and O–H groups in total. The van der Waals surface area contributed by atoms with Crippen LogP contribution in [0, 0.1) is 0 Å². The number of nitrogens with zero attached hydrogens (tertiary/aromatic N) is 4. The molecule has 0 spiro atoms. The summed E-state index contributed by atoms with van der Waals surface area (Å²) in [6, 6.07) is 0.665. The molecule has 6 rings (SSSR count). The molecule has 4 heterocycles. The van der Waals surface area contributed by atoms with E-state index in [-0.39, 0.29) is 6.10 Å². The summed E-state index contributed by atoms with van der Waals surface area (Å²) in [4.78, 5) is 14.7. The Bertz CT molecular complexity index is 1040. The van der Waals surface area contributed by atoms with Gasteiger partial charge < -0.3 is 14.8 Å². The highest BCUT2D eigenvalue weighted by Gasteiger charge is 2.30. The fourth-order valence-electron chi connectivity index (χ4n) is 5.18. The average Bonchev–Trinajstić information content (AvgIpc) is 3.53. The Morgan fingerprint density at radius 3 is 2.81 bits per heavy atom. The number of aromatic nitrogens is 4. The highest BCUT2D eigenvalue weighted by molar-refractivity contribution is 7.19. The number of nitrogens with one attached hydrogen (secondary N) is 2. The van der Waals surface area contributed by atoms with Gasteiger partial charge in [0.2, 0.25) is 11.8 Å². The average molecular weight is 441 g/mol. The third-order valence-electron chi connectivity index (χ3n) is 6.77. The molecule has 0 aromatic carbocycles. The lowest BCUT2D eigenvalue weighted by Crippen LogP contribution is -2.46. The predicted molar refractivity (Wildman–Crippen MR) is 120 cm³/mol. The molecular weight excluding hydrogens is 412 g/mol. The second-order valence-electron chi connectivity index (χ2n) is 8.70. The van der Waals surface area contributed by atoms with Crippen molar-refractivity contribution in [1.29, 1.82) is 0 Å². The third kappa shape index (κ3) is 3.90. The van der Waals surface area contributed by atoms with Crippen molar-refractivity contribution in [2.75, 3.05) is 31.6 Å². The molecule has 2 aliphatic carbocycles. The Morgan fingerprint density at radius 1 is 1.13 bits per heavy atom. The Hall–Kier alpha value is -2.23. The molecule has 0 unspecified atom stereocenters. The second kappa shape index (κ2) is 8.37. The SMILES string of the molecule is c1n[nH]cc1Nc1nc(OC2CCC(N3CCOCC3)CC2)c2c3c(sc2n1)CCC3. The Kier molecular flexibility index (Phi) is 5.25. The van der Waals surface area contributed by atoms with Gasteiger partial charge in [-0.25, -0.2) is 4.98 Å². The molecule has 0 radical (unpaired) electrons. The molecule has 0 atom stereocenters. The zero-order valence-corrected chi connectivity index (χ0v) is 18.4.